The van der Waals surface area contributed by atoms with E-state index in [-0.39, 0.29) is 41.5 Å². The average Bonchev–Trinajstić information content (AvgIpc) is 2.50. The number of methoxy groups -OCH3 is 2. The van der Waals surface area contributed by atoms with Gasteiger partial charge < -0.3 is 15.2 Å². The van der Waals surface area contributed by atoms with Gasteiger partial charge in [0.2, 0.25) is 10.0 Å². The number of benzene rings is 1. The first-order valence-electron chi connectivity index (χ1n) is 5.87. The summed E-state index contributed by atoms with van der Waals surface area (Å²) >= 11 is 0. The Balaban J connectivity index is 0.00000441. The van der Waals surface area contributed by atoms with E-state index in [4.69, 9.17) is 5.73 Å². The molecule has 0 radical (unpaired) electrons. The fraction of sp³-hybridized carbons (Fsp3) is 0.333. The molecule has 0 aliphatic heterocycles. The largest absolute Gasteiger partial charge is 0.465 e. The van der Waals surface area contributed by atoms with E-state index >= 15 is 0 Å². The van der Waals surface area contributed by atoms with E-state index in [1.807, 2.05) is 0 Å². The molecule has 1 aromatic carbocycles. The van der Waals surface area contributed by atoms with Gasteiger partial charge in [-0.2, -0.15) is 0 Å². The minimum Gasteiger partial charge on any atom is -0.465 e. The van der Waals surface area contributed by atoms with Crippen molar-refractivity contribution in [2.45, 2.75) is 4.90 Å². The maximum atomic E-state index is 12.2. The molecule has 0 fully saturated rings. The molecular weight excluding hydrogens is 336 g/mol. The normalized spacial score (nSPS) is 10.5. The van der Waals surface area contributed by atoms with Crippen molar-refractivity contribution >= 4 is 34.4 Å². The predicted molar refractivity (Wildman–Crippen MR) is 80.6 cm³/mol. The fourth-order valence-corrected chi connectivity index (χ4v) is 2.80. The molecule has 22 heavy (non-hydrogen) atoms. The number of carbonyl (C=O) groups excluding carboxylic acids is 2. The van der Waals surface area contributed by atoms with Gasteiger partial charge in [0.25, 0.3) is 0 Å². The molecule has 0 amide bonds. The number of hydrogen-bond acceptors (Lipinski definition) is 7. The second-order valence-electron chi connectivity index (χ2n) is 3.88. The molecule has 0 aromatic heterocycles. The molecule has 1 rings (SSSR count). The van der Waals surface area contributed by atoms with Crippen molar-refractivity contribution in [3.63, 3.8) is 0 Å². The molecule has 8 nitrogen and oxygen atoms in total. The summed E-state index contributed by atoms with van der Waals surface area (Å²) in [6, 6.07) is 3.52. The van der Waals surface area contributed by atoms with E-state index in [0.717, 1.165) is 20.3 Å². The number of sulfonamides is 1. The van der Waals surface area contributed by atoms with Crippen LogP contribution in [0, 0.1) is 0 Å². The SMILES string of the molecule is COC(=O)c1ccc(C(=O)OC)c(S(=O)(=O)NCCN)c1.Cl. The smallest absolute Gasteiger partial charge is 0.339 e. The summed E-state index contributed by atoms with van der Waals surface area (Å²) in [5, 5.41) is 0. The Morgan fingerprint density at radius 2 is 1.77 bits per heavy atom. The molecule has 0 unspecified atom stereocenters. The van der Waals surface area contributed by atoms with Gasteiger partial charge in [0.1, 0.15) is 0 Å². The quantitative estimate of drug-likeness (QED) is 0.686. The lowest BCUT2D eigenvalue weighted by Crippen LogP contribution is -2.30. The molecule has 0 spiro atoms. The number of rotatable bonds is 6. The molecule has 0 saturated heterocycles. The molecule has 124 valence electrons. The van der Waals surface area contributed by atoms with E-state index in [1.165, 1.54) is 12.1 Å². The third kappa shape index (κ3) is 4.67. The van der Waals surface area contributed by atoms with Crippen molar-refractivity contribution in [3.8, 4) is 0 Å². The molecule has 10 heteroatoms. The average molecular weight is 353 g/mol. The van der Waals surface area contributed by atoms with Gasteiger partial charge in [0.15, 0.2) is 0 Å². The topological polar surface area (TPSA) is 125 Å². The van der Waals surface area contributed by atoms with Gasteiger partial charge in [-0.1, -0.05) is 0 Å². The molecular formula is C12H17ClN2O6S. The lowest BCUT2D eigenvalue weighted by molar-refractivity contribution is 0.0583. The van der Waals surface area contributed by atoms with Crippen molar-refractivity contribution in [2.75, 3.05) is 27.3 Å². The number of esters is 2. The van der Waals surface area contributed by atoms with Crippen molar-refractivity contribution < 1.29 is 27.5 Å². The first-order valence-corrected chi connectivity index (χ1v) is 7.36. The maximum Gasteiger partial charge on any atom is 0.339 e. The maximum absolute atomic E-state index is 12.2. The highest BCUT2D eigenvalue weighted by atomic mass is 35.5. The van der Waals surface area contributed by atoms with Gasteiger partial charge in [0.05, 0.1) is 30.2 Å². The van der Waals surface area contributed by atoms with Crippen LogP contribution in [0.15, 0.2) is 23.1 Å². The second kappa shape index (κ2) is 8.69. The van der Waals surface area contributed by atoms with E-state index in [1.54, 1.807) is 0 Å². The summed E-state index contributed by atoms with van der Waals surface area (Å²) in [4.78, 5) is 22.8. The number of carbonyl (C=O) groups is 2. The van der Waals surface area contributed by atoms with Gasteiger partial charge in [-0.25, -0.2) is 22.7 Å². The van der Waals surface area contributed by atoms with Crippen LogP contribution in [0.4, 0.5) is 0 Å². The lowest BCUT2D eigenvalue weighted by atomic mass is 10.1. The van der Waals surface area contributed by atoms with Crippen LogP contribution in [0.2, 0.25) is 0 Å². The number of nitrogens with two attached hydrogens (primary N) is 1. The first kappa shape index (κ1) is 20.3. The van der Waals surface area contributed by atoms with Crippen LogP contribution in [-0.2, 0) is 19.5 Å². The van der Waals surface area contributed by atoms with E-state index < -0.39 is 22.0 Å². The molecule has 1 aromatic rings. The minimum absolute atomic E-state index is 0. The minimum atomic E-state index is -4.01. The lowest BCUT2D eigenvalue weighted by Gasteiger charge is -2.11. The standard InChI is InChI=1S/C12H16N2O6S.ClH/c1-19-11(15)8-3-4-9(12(16)20-2)10(7-8)21(17,18)14-6-5-13;/h3-4,7,14H,5-6,13H2,1-2H3;1H. The molecule has 0 heterocycles. The predicted octanol–water partition coefficient (Wildman–Crippen LogP) is -0.0814. The highest BCUT2D eigenvalue weighted by Gasteiger charge is 2.24. The zero-order chi connectivity index (χ0) is 16.0. The van der Waals surface area contributed by atoms with E-state index in [2.05, 4.69) is 14.2 Å². The Kier molecular flexibility index (Phi) is 8.02. The Morgan fingerprint density at radius 1 is 1.18 bits per heavy atom. The Hall–Kier alpha value is -1.68. The van der Waals surface area contributed by atoms with Crippen LogP contribution in [0.1, 0.15) is 20.7 Å². The number of hydrogen-bond donors (Lipinski definition) is 2. The summed E-state index contributed by atoms with van der Waals surface area (Å²) in [5.41, 5.74) is 5.06. The molecule has 0 bridgehead atoms. The summed E-state index contributed by atoms with van der Waals surface area (Å²) in [6.07, 6.45) is 0. The highest BCUT2D eigenvalue weighted by Crippen LogP contribution is 2.19. The highest BCUT2D eigenvalue weighted by molar-refractivity contribution is 7.89. The van der Waals surface area contributed by atoms with Gasteiger partial charge in [-0.05, 0) is 18.2 Å². The summed E-state index contributed by atoms with van der Waals surface area (Å²) in [5.74, 6) is -1.55. The van der Waals surface area contributed by atoms with Gasteiger partial charge >= 0.3 is 11.9 Å². The Morgan fingerprint density at radius 3 is 2.27 bits per heavy atom. The third-order valence-corrected chi connectivity index (χ3v) is 4.03. The van der Waals surface area contributed by atoms with Crippen molar-refractivity contribution in [3.05, 3.63) is 29.3 Å². The van der Waals surface area contributed by atoms with E-state index in [0.29, 0.717) is 0 Å². The van der Waals surface area contributed by atoms with Crippen LogP contribution in [0.3, 0.4) is 0 Å². The monoisotopic (exact) mass is 352 g/mol. The number of ether oxygens (including phenoxy) is 2. The van der Waals surface area contributed by atoms with Crippen molar-refractivity contribution in [1.82, 2.24) is 4.72 Å². The van der Waals surface area contributed by atoms with Crippen LogP contribution in [0.5, 0.6) is 0 Å². The van der Waals surface area contributed by atoms with Crippen molar-refractivity contribution in [1.29, 1.82) is 0 Å². The summed E-state index contributed by atoms with van der Waals surface area (Å²) in [6.45, 7) is 0.0783. The van der Waals surface area contributed by atoms with Crippen LogP contribution in [-0.4, -0.2) is 47.7 Å². The van der Waals surface area contributed by atoms with E-state index in [9.17, 15) is 18.0 Å². The summed E-state index contributed by atoms with van der Waals surface area (Å²) < 4.78 is 35.6. The fourth-order valence-electron chi connectivity index (χ4n) is 1.54. The Labute approximate surface area is 134 Å². The van der Waals surface area contributed by atoms with Crippen molar-refractivity contribution in [2.24, 2.45) is 5.73 Å². The number of halogens is 1. The van der Waals surface area contributed by atoms with Crippen LogP contribution < -0.4 is 10.5 Å². The van der Waals surface area contributed by atoms with Crippen LogP contribution >= 0.6 is 12.4 Å². The summed E-state index contributed by atoms with van der Waals surface area (Å²) in [7, 11) is -1.72. The van der Waals surface area contributed by atoms with Gasteiger partial charge in [0, 0.05) is 13.1 Å². The number of nitrogens with one attached hydrogen (secondary N) is 1. The molecule has 0 aliphatic carbocycles. The Bertz CT molecular complexity index is 647. The molecule has 3 N–H and O–H groups in total. The first-order chi connectivity index (χ1) is 9.87. The molecule has 0 saturated carbocycles. The van der Waals surface area contributed by atoms with Gasteiger partial charge in [-0.3, -0.25) is 0 Å². The zero-order valence-electron chi connectivity index (χ0n) is 12.0. The molecule has 0 atom stereocenters. The second-order valence-corrected chi connectivity index (χ2v) is 5.62. The third-order valence-electron chi connectivity index (χ3n) is 2.53. The molecule has 0 aliphatic rings. The van der Waals surface area contributed by atoms with Gasteiger partial charge in [-0.15, -0.1) is 12.4 Å². The zero-order valence-corrected chi connectivity index (χ0v) is 13.6. The van der Waals surface area contributed by atoms with Crippen LogP contribution in [0.25, 0.3) is 0 Å².